The summed E-state index contributed by atoms with van der Waals surface area (Å²) in [5, 5.41) is 3.53. The van der Waals surface area contributed by atoms with Crippen molar-refractivity contribution in [2.45, 2.75) is 25.9 Å². The first kappa shape index (κ1) is 18.8. The fraction of sp³-hybridized carbons (Fsp3) is 0.286. The molecule has 3 aromatic rings. The van der Waals surface area contributed by atoms with Crippen molar-refractivity contribution in [2.75, 3.05) is 13.6 Å². The summed E-state index contributed by atoms with van der Waals surface area (Å²) in [6.07, 6.45) is 0.794. The highest BCUT2D eigenvalue weighted by Gasteiger charge is 2.18. The van der Waals surface area contributed by atoms with Gasteiger partial charge >= 0.3 is 0 Å². The summed E-state index contributed by atoms with van der Waals surface area (Å²) in [5.74, 6) is 0.502. The first-order valence-corrected chi connectivity index (χ1v) is 9.04. The van der Waals surface area contributed by atoms with Crippen molar-refractivity contribution < 1.29 is 4.79 Å². The topological polar surface area (TPSA) is 78.1 Å². The molecule has 1 atom stereocenters. The maximum Gasteiger partial charge on any atom is 0.258 e. The SMILES string of the molecule is C[C@@H](C(=O)NCCc1ccccc1)N(C)Cc1nc2ccccc2c(=O)[nH]1. The van der Waals surface area contributed by atoms with Crippen LogP contribution >= 0.6 is 0 Å². The van der Waals surface area contributed by atoms with Gasteiger partial charge in [0.05, 0.1) is 23.5 Å². The molecule has 0 aliphatic carbocycles. The largest absolute Gasteiger partial charge is 0.354 e. The Morgan fingerprint density at radius 3 is 2.63 bits per heavy atom. The van der Waals surface area contributed by atoms with Crippen LogP contribution < -0.4 is 10.9 Å². The lowest BCUT2D eigenvalue weighted by Gasteiger charge is -2.23. The van der Waals surface area contributed by atoms with Crippen LogP contribution in [0.5, 0.6) is 0 Å². The van der Waals surface area contributed by atoms with Crippen LogP contribution in [0.1, 0.15) is 18.3 Å². The zero-order valence-corrected chi connectivity index (χ0v) is 15.6. The molecule has 0 saturated carbocycles. The lowest BCUT2D eigenvalue weighted by Crippen LogP contribution is -2.43. The summed E-state index contributed by atoms with van der Waals surface area (Å²) in [4.78, 5) is 33.7. The summed E-state index contributed by atoms with van der Waals surface area (Å²) >= 11 is 0. The molecule has 2 N–H and O–H groups in total. The van der Waals surface area contributed by atoms with E-state index in [0.29, 0.717) is 29.8 Å². The normalized spacial score (nSPS) is 12.3. The number of carbonyl (C=O) groups is 1. The van der Waals surface area contributed by atoms with Crippen LogP contribution in [-0.4, -0.2) is 40.4 Å². The molecule has 0 aliphatic heterocycles. The maximum absolute atomic E-state index is 12.4. The Morgan fingerprint density at radius 1 is 1.15 bits per heavy atom. The number of aromatic nitrogens is 2. The van der Waals surface area contributed by atoms with E-state index in [1.165, 1.54) is 5.56 Å². The predicted molar refractivity (Wildman–Crippen MR) is 106 cm³/mol. The molecule has 6 heteroatoms. The number of hydrogen-bond donors (Lipinski definition) is 2. The van der Waals surface area contributed by atoms with Crippen molar-refractivity contribution in [3.8, 4) is 0 Å². The average Bonchev–Trinajstić information content (AvgIpc) is 2.68. The zero-order valence-electron chi connectivity index (χ0n) is 15.6. The minimum atomic E-state index is -0.336. The highest BCUT2D eigenvalue weighted by Crippen LogP contribution is 2.08. The van der Waals surface area contributed by atoms with E-state index in [0.717, 1.165) is 6.42 Å². The van der Waals surface area contributed by atoms with Crippen LogP contribution in [0.3, 0.4) is 0 Å². The van der Waals surface area contributed by atoms with E-state index >= 15 is 0 Å². The number of fused-ring (bicyclic) bond motifs is 1. The van der Waals surface area contributed by atoms with Gasteiger partial charge in [0.15, 0.2) is 0 Å². The van der Waals surface area contributed by atoms with Gasteiger partial charge < -0.3 is 10.3 Å². The molecular weight excluding hydrogens is 340 g/mol. The number of nitrogens with one attached hydrogen (secondary N) is 2. The predicted octanol–water partition coefficient (Wildman–Crippen LogP) is 2.10. The minimum Gasteiger partial charge on any atom is -0.354 e. The number of rotatable bonds is 7. The number of likely N-dealkylation sites (N-methyl/N-ethyl adjacent to an activating group) is 1. The number of H-pyrrole nitrogens is 1. The smallest absolute Gasteiger partial charge is 0.258 e. The van der Waals surface area contributed by atoms with Gasteiger partial charge in [0.25, 0.3) is 5.56 Å². The van der Waals surface area contributed by atoms with Crippen molar-refractivity contribution in [3.63, 3.8) is 0 Å². The van der Waals surface area contributed by atoms with Crippen molar-refractivity contribution in [3.05, 3.63) is 76.3 Å². The van der Waals surface area contributed by atoms with Crippen molar-refractivity contribution >= 4 is 16.8 Å². The standard InChI is InChI=1S/C21H24N4O2/c1-15(20(26)22-13-12-16-8-4-3-5-9-16)25(2)14-19-23-18-11-7-6-10-17(18)21(27)24-19/h3-11,15H,12-14H2,1-2H3,(H,22,26)(H,23,24,27)/t15-/m0/s1. The van der Waals surface area contributed by atoms with Crippen LogP contribution in [-0.2, 0) is 17.8 Å². The van der Waals surface area contributed by atoms with E-state index in [-0.39, 0.29) is 17.5 Å². The number of hydrogen-bond acceptors (Lipinski definition) is 4. The molecule has 2 aromatic carbocycles. The second-order valence-corrected chi connectivity index (χ2v) is 6.65. The molecule has 1 heterocycles. The van der Waals surface area contributed by atoms with Crippen LogP contribution in [0.15, 0.2) is 59.4 Å². The molecule has 6 nitrogen and oxygen atoms in total. The molecule has 0 spiro atoms. The van der Waals surface area contributed by atoms with E-state index in [4.69, 9.17) is 0 Å². The molecule has 0 unspecified atom stereocenters. The van der Waals surface area contributed by atoms with E-state index in [1.54, 1.807) is 6.07 Å². The van der Waals surface area contributed by atoms with Gasteiger partial charge in [-0.1, -0.05) is 42.5 Å². The average molecular weight is 364 g/mol. The fourth-order valence-electron chi connectivity index (χ4n) is 2.91. The molecule has 0 saturated heterocycles. The van der Waals surface area contributed by atoms with Crippen LogP contribution in [0.2, 0.25) is 0 Å². The lowest BCUT2D eigenvalue weighted by atomic mass is 10.1. The van der Waals surface area contributed by atoms with Crippen LogP contribution in [0.4, 0.5) is 0 Å². The van der Waals surface area contributed by atoms with Crippen molar-refractivity contribution in [2.24, 2.45) is 0 Å². The van der Waals surface area contributed by atoms with E-state index in [2.05, 4.69) is 15.3 Å². The third-order valence-electron chi connectivity index (χ3n) is 4.66. The number of aromatic amines is 1. The third kappa shape index (κ3) is 4.80. The van der Waals surface area contributed by atoms with Gasteiger partial charge in [-0.05, 0) is 38.1 Å². The monoisotopic (exact) mass is 364 g/mol. The molecule has 27 heavy (non-hydrogen) atoms. The number of carbonyl (C=O) groups excluding carboxylic acids is 1. The molecule has 0 aliphatic rings. The Kier molecular flexibility index (Phi) is 5.98. The highest BCUT2D eigenvalue weighted by atomic mass is 16.2. The van der Waals surface area contributed by atoms with Gasteiger partial charge in [0, 0.05) is 6.54 Å². The van der Waals surface area contributed by atoms with E-state index < -0.39 is 0 Å². The number of nitrogens with zero attached hydrogens (tertiary/aromatic N) is 2. The number of benzene rings is 2. The highest BCUT2D eigenvalue weighted by molar-refractivity contribution is 5.81. The third-order valence-corrected chi connectivity index (χ3v) is 4.66. The lowest BCUT2D eigenvalue weighted by molar-refractivity contribution is -0.125. The van der Waals surface area contributed by atoms with Gasteiger partial charge in [0.2, 0.25) is 5.91 Å². The van der Waals surface area contributed by atoms with Gasteiger partial charge in [0.1, 0.15) is 5.82 Å². The van der Waals surface area contributed by atoms with E-state index in [1.807, 2.05) is 67.4 Å². The number of amides is 1. The summed E-state index contributed by atoms with van der Waals surface area (Å²) in [7, 11) is 1.84. The first-order chi connectivity index (χ1) is 13.0. The fourth-order valence-corrected chi connectivity index (χ4v) is 2.91. The van der Waals surface area contributed by atoms with Crippen molar-refractivity contribution in [1.82, 2.24) is 20.2 Å². The molecular formula is C21H24N4O2. The van der Waals surface area contributed by atoms with Gasteiger partial charge in [-0.3, -0.25) is 14.5 Å². The molecule has 0 bridgehead atoms. The Balaban J connectivity index is 1.57. The zero-order chi connectivity index (χ0) is 19.2. The quantitative estimate of drug-likeness (QED) is 0.673. The molecule has 1 amide bonds. The summed E-state index contributed by atoms with van der Waals surface area (Å²) < 4.78 is 0. The van der Waals surface area contributed by atoms with Gasteiger partial charge in [-0.15, -0.1) is 0 Å². The van der Waals surface area contributed by atoms with E-state index in [9.17, 15) is 9.59 Å². The van der Waals surface area contributed by atoms with Gasteiger partial charge in [-0.25, -0.2) is 4.98 Å². The van der Waals surface area contributed by atoms with Crippen LogP contribution in [0.25, 0.3) is 10.9 Å². The maximum atomic E-state index is 12.4. The molecule has 3 rings (SSSR count). The second kappa shape index (κ2) is 8.60. The summed E-state index contributed by atoms with van der Waals surface area (Å²) in [6, 6.07) is 16.9. The Hall–Kier alpha value is -2.99. The first-order valence-electron chi connectivity index (χ1n) is 9.04. The van der Waals surface area contributed by atoms with Gasteiger partial charge in [-0.2, -0.15) is 0 Å². The molecule has 140 valence electrons. The Labute approximate surface area is 158 Å². The molecule has 0 radical (unpaired) electrons. The second-order valence-electron chi connectivity index (χ2n) is 6.65. The molecule has 0 fully saturated rings. The minimum absolute atomic E-state index is 0.0448. The number of para-hydroxylation sites is 1. The molecule has 1 aromatic heterocycles. The Morgan fingerprint density at radius 2 is 1.85 bits per heavy atom. The summed E-state index contributed by atoms with van der Waals surface area (Å²) in [6.45, 7) is 2.82. The summed E-state index contributed by atoms with van der Waals surface area (Å²) in [5.41, 5.74) is 1.69. The van der Waals surface area contributed by atoms with Crippen LogP contribution in [0, 0.1) is 0 Å². The Bertz CT molecular complexity index is 969. The van der Waals surface area contributed by atoms with Crippen molar-refractivity contribution in [1.29, 1.82) is 0 Å².